The Bertz CT molecular complexity index is 973. The molecule has 1 aliphatic rings. The lowest BCUT2D eigenvalue weighted by molar-refractivity contribution is 0.102. The van der Waals surface area contributed by atoms with E-state index in [0.717, 1.165) is 28.5 Å². The molecule has 4 nitrogen and oxygen atoms in total. The standard InChI is InChI=1S/C18H13ClFN3OS/c19-12-4-2-6-14(8-12)23-17(15-9-25-10-16(15)22-23)21-18(24)11-3-1-5-13(20)7-11/h1-8H,9-10H2,(H,21,24). The number of nitrogens with zero attached hydrogens (tertiary/aromatic N) is 2. The molecule has 1 aliphatic heterocycles. The fourth-order valence-corrected chi connectivity index (χ4v) is 3.96. The number of anilines is 1. The molecular formula is C18H13ClFN3OS. The van der Waals surface area contributed by atoms with Crippen LogP contribution in [0.4, 0.5) is 10.2 Å². The van der Waals surface area contributed by atoms with Gasteiger partial charge in [-0.15, -0.1) is 0 Å². The zero-order chi connectivity index (χ0) is 17.4. The van der Waals surface area contributed by atoms with Crippen LogP contribution in [0, 0.1) is 5.82 Å². The van der Waals surface area contributed by atoms with Gasteiger partial charge >= 0.3 is 0 Å². The Morgan fingerprint density at radius 3 is 2.84 bits per heavy atom. The van der Waals surface area contributed by atoms with Crippen molar-refractivity contribution in [3.63, 3.8) is 0 Å². The molecule has 7 heteroatoms. The van der Waals surface area contributed by atoms with Crippen molar-refractivity contribution >= 4 is 35.1 Å². The van der Waals surface area contributed by atoms with E-state index in [4.69, 9.17) is 11.6 Å². The van der Waals surface area contributed by atoms with Crippen molar-refractivity contribution in [1.29, 1.82) is 0 Å². The molecule has 0 aliphatic carbocycles. The van der Waals surface area contributed by atoms with E-state index in [0.29, 0.717) is 10.8 Å². The Balaban J connectivity index is 1.75. The number of carbonyl (C=O) groups is 1. The number of halogens is 2. The minimum atomic E-state index is -0.447. The molecule has 0 atom stereocenters. The van der Waals surface area contributed by atoms with E-state index in [-0.39, 0.29) is 11.5 Å². The van der Waals surface area contributed by atoms with Crippen LogP contribution in [0.1, 0.15) is 21.6 Å². The Labute approximate surface area is 153 Å². The summed E-state index contributed by atoms with van der Waals surface area (Å²) in [7, 11) is 0. The van der Waals surface area contributed by atoms with E-state index in [1.807, 2.05) is 12.1 Å². The number of fused-ring (bicyclic) bond motifs is 1. The Hall–Kier alpha value is -2.31. The average molecular weight is 374 g/mol. The highest BCUT2D eigenvalue weighted by Crippen LogP contribution is 2.36. The van der Waals surface area contributed by atoms with Crippen molar-refractivity contribution in [2.24, 2.45) is 0 Å². The highest BCUT2D eigenvalue weighted by Gasteiger charge is 2.25. The molecule has 3 aromatic rings. The first-order valence-electron chi connectivity index (χ1n) is 7.63. The Morgan fingerprint density at radius 2 is 2.04 bits per heavy atom. The van der Waals surface area contributed by atoms with Crippen LogP contribution in [-0.4, -0.2) is 15.7 Å². The van der Waals surface area contributed by atoms with Crippen molar-refractivity contribution in [3.05, 3.63) is 76.2 Å². The minimum Gasteiger partial charge on any atom is -0.306 e. The lowest BCUT2D eigenvalue weighted by Crippen LogP contribution is -2.16. The second-order valence-electron chi connectivity index (χ2n) is 5.62. The largest absolute Gasteiger partial charge is 0.306 e. The summed E-state index contributed by atoms with van der Waals surface area (Å²) in [6.45, 7) is 0. The topological polar surface area (TPSA) is 46.9 Å². The van der Waals surface area contributed by atoms with Crippen molar-refractivity contribution < 1.29 is 9.18 Å². The number of rotatable bonds is 3. The first-order valence-corrected chi connectivity index (χ1v) is 9.16. The normalized spacial score (nSPS) is 12.9. The molecule has 2 aromatic carbocycles. The molecule has 25 heavy (non-hydrogen) atoms. The van der Waals surface area contributed by atoms with E-state index < -0.39 is 5.82 Å². The van der Waals surface area contributed by atoms with Crippen LogP contribution in [0.25, 0.3) is 5.69 Å². The number of hydrogen-bond acceptors (Lipinski definition) is 3. The molecule has 0 saturated heterocycles. The number of nitrogens with one attached hydrogen (secondary N) is 1. The number of aromatic nitrogens is 2. The molecule has 0 unspecified atom stereocenters. The first-order chi connectivity index (χ1) is 12.1. The molecular weight excluding hydrogens is 361 g/mol. The molecule has 0 saturated carbocycles. The van der Waals surface area contributed by atoms with Gasteiger partial charge in [0.15, 0.2) is 0 Å². The molecule has 0 spiro atoms. The number of carbonyl (C=O) groups excluding carboxylic acids is 1. The smallest absolute Gasteiger partial charge is 0.256 e. The second-order valence-corrected chi connectivity index (χ2v) is 7.04. The predicted octanol–water partition coefficient (Wildman–Crippen LogP) is 4.66. The lowest BCUT2D eigenvalue weighted by atomic mass is 10.2. The summed E-state index contributed by atoms with van der Waals surface area (Å²) in [6, 6.07) is 12.9. The van der Waals surface area contributed by atoms with E-state index in [9.17, 15) is 9.18 Å². The van der Waals surface area contributed by atoms with Crippen molar-refractivity contribution in [2.45, 2.75) is 11.5 Å². The quantitative estimate of drug-likeness (QED) is 0.726. The van der Waals surface area contributed by atoms with Crippen LogP contribution >= 0.6 is 23.4 Å². The number of thioether (sulfide) groups is 1. The van der Waals surface area contributed by atoms with Crippen LogP contribution in [0.15, 0.2) is 48.5 Å². The Morgan fingerprint density at radius 1 is 1.20 bits per heavy atom. The van der Waals surface area contributed by atoms with E-state index in [1.165, 1.54) is 18.2 Å². The summed E-state index contributed by atoms with van der Waals surface area (Å²) in [4.78, 5) is 12.6. The predicted molar refractivity (Wildman–Crippen MR) is 97.9 cm³/mol. The lowest BCUT2D eigenvalue weighted by Gasteiger charge is -2.11. The summed E-state index contributed by atoms with van der Waals surface area (Å²) in [6.07, 6.45) is 0. The maximum atomic E-state index is 13.4. The van der Waals surface area contributed by atoms with Gasteiger partial charge in [-0.3, -0.25) is 4.79 Å². The summed E-state index contributed by atoms with van der Waals surface area (Å²) in [5.74, 6) is 1.36. The molecule has 0 fully saturated rings. The third-order valence-electron chi connectivity index (χ3n) is 3.92. The van der Waals surface area contributed by atoms with Gasteiger partial charge < -0.3 is 5.32 Å². The summed E-state index contributed by atoms with van der Waals surface area (Å²) in [5, 5.41) is 8.09. The average Bonchev–Trinajstić information content (AvgIpc) is 3.17. The van der Waals surface area contributed by atoms with E-state index >= 15 is 0 Å². The minimum absolute atomic E-state index is 0.262. The SMILES string of the molecule is O=C(Nc1c2c(nn1-c1cccc(Cl)c1)CSC2)c1cccc(F)c1. The van der Waals surface area contributed by atoms with Gasteiger partial charge in [-0.25, -0.2) is 9.07 Å². The van der Waals surface area contributed by atoms with Gasteiger partial charge in [0.1, 0.15) is 11.6 Å². The third kappa shape index (κ3) is 3.15. The monoisotopic (exact) mass is 373 g/mol. The van der Waals surface area contributed by atoms with Crippen LogP contribution < -0.4 is 5.32 Å². The number of benzene rings is 2. The molecule has 1 N–H and O–H groups in total. The summed E-state index contributed by atoms with van der Waals surface area (Å²) in [5.41, 5.74) is 2.97. The van der Waals surface area contributed by atoms with Gasteiger partial charge in [0, 0.05) is 27.7 Å². The summed E-state index contributed by atoms with van der Waals surface area (Å²) < 4.78 is 15.1. The molecule has 1 aromatic heterocycles. The molecule has 126 valence electrons. The highest BCUT2D eigenvalue weighted by molar-refractivity contribution is 7.98. The third-order valence-corrected chi connectivity index (χ3v) is 5.13. The van der Waals surface area contributed by atoms with Gasteiger partial charge in [0.05, 0.1) is 11.4 Å². The van der Waals surface area contributed by atoms with Gasteiger partial charge in [-0.05, 0) is 36.4 Å². The van der Waals surface area contributed by atoms with E-state index in [1.54, 1.807) is 34.6 Å². The van der Waals surface area contributed by atoms with Crippen LogP contribution in [0.2, 0.25) is 5.02 Å². The zero-order valence-electron chi connectivity index (χ0n) is 13.0. The molecule has 0 radical (unpaired) electrons. The highest BCUT2D eigenvalue weighted by atomic mass is 35.5. The molecule has 1 amide bonds. The van der Waals surface area contributed by atoms with Crippen LogP contribution in [-0.2, 0) is 11.5 Å². The van der Waals surface area contributed by atoms with Crippen molar-refractivity contribution in [3.8, 4) is 5.69 Å². The van der Waals surface area contributed by atoms with Crippen LogP contribution in [0.5, 0.6) is 0 Å². The molecule has 4 rings (SSSR count). The maximum absolute atomic E-state index is 13.4. The van der Waals surface area contributed by atoms with Crippen LogP contribution in [0.3, 0.4) is 0 Å². The summed E-state index contributed by atoms with van der Waals surface area (Å²) >= 11 is 7.83. The second kappa shape index (κ2) is 6.54. The Kier molecular flexibility index (Phi) is 4.23. The number of amides is 1. The molecule has 0 bridgehead atoms. The molecule has 2 heterocycles. The van der Waals surface area contributed by atoms with Gasteiger partial charge in [0.2, 0.25) is 0 Å². The fraction of sp³-hybridized carbons (Fsp3) is 0.111. The van der Waals surface area contributed by atoms with E-state index in [2.05, 4.69) is 10.4 Å². The van der Waals surface area contributed by atoms with Crippen molar-refractivity contribution in [2.75, 3.05) is 5.32 Å². The first kappa shape index (κ1) is 16.2. The fourth-order valence-electron chi connectivity index (χ4n) is 2.75. The maximum Gasteiger partial charge on any atom is 0.256 e. The number of hydrogen-bond donors (Lipinski definition) is 1. The zero-order valence-corrected chi connectivity index (χ0v) is 14.6. The van der Waals surface area contributed by atoms with Gasteiger partial charge in [0.25, 0.3) is 5.91 Å². The van der Waals surface area contributed by atoms with Crippen molar-refractivity contribution in [1.82, 2.24) is 9.78 Å². The van der Waals surface area contributed by atoms with Gasteiger partial charge in [-0.2, -0.15) is 16.9 Å². The van der Waals surface area contributed by atoms with Gasteiger partial charge in [-0.1, -0.05) is 23.7 Å².